The van der Waals surface area contributed by atoms with Gasteiger partial charge in [-0.2, -0.15) is 0 Å². The molecule has 0 radical (unpaired) electrons. The number of aliphatic hydroxyl groups is 1. The van der Waals surface area contributed by atoms with Crippen molar-refractivity contribution in [2.24, 2.45) is 5.41 Å². The molecule has 2 aliphatic rings. The minimum atomic E-state index is -0.969. The molecule has 4 rings (SSSR count). The third-order valence-electron chi connectivity index (χ3n) is 6.91. The first-order valence-electron chi connectivity index (χ1n) is 10.9. The lowest BCUT2D eigenvalue weighted by molar-refractivity contribution is 0.0480. The van der Waals surface area contributed by atoms with Crippen LogP contribution in [0.4, 0.5) is 10.6 Å². The first-order valence-corrected chi connectivity index (χ1v) is 10.9. The van der Waals surface area contributed by atoms with E-state index in [1.54, 1.807) is 14.0 Å². The van der Waals surface area contributed by atoms with Crippen LogP contribution < -0.4 is 14.4 Å². The number of pyridine rings is 1. The number of benzene rings is 1. The summed E-state index contributed by atoms with van der Waals surface area (Å²) in [5.41, 5.74) is 1.47. The average Bonchev–Trinajstić information content (AvgIpc) is 3.10. The topological polar surface area (TPSA) is 95.4 Å². The SMILES string of the molecule is COc1ccc([C@@H]2CN(C(=O)O)C[C@@]2(C)[C@@H](C)O)cc1OC1CN(c2ccc(C)cn2)C1. The maximum atomic E-state index is 11.6. The van der Waals surface area contributed by atoms with E-state index in [-0.39, 0.29) is 18.6 Å². The predicted octanol–water partition coefficient (Wildman–Crippen LogP) is 3.13. The van der Waals surface area contributed by atoms with Gasteiger partial charge in [0.2, 0.25) is 0 Å². The summed E-state index contributed by atoms with van der Waals surface area (Å²) in [6.07, 6.45) is 0.232. The summed E-state index contributed by atoms with van der Waals surface area (Å²) < 4.78 is 11.8. The Kier molecular flexibility index (Phi) is 5.90. The highest BCUT2D eigenvalue weighted by Crippen LogP contribution is 2.47. The summed E-state index contributed by atoms with van der Waals surface area (Å²) in [6, 6.07) is 9.78. The van der Waals surface area contributed by atoms with E-state index < -0.39 is 17.6 Å². The van der Waals surface area contributed by atoms with Crippen molar-refractivity contribution in [2.75, 3.05) is 38.2 Å². The van der Waals surface area contributed by atoms with Gasteiger partial charge in [0.25, 0.3) is 0 Å². The number of methoxy groups -OCH3 is 1. The molecule has 0 spiro atoms. The molecule has 1 amide bonds. The Morgan fingerprint density at radius 2 is 1.97 bits per heavy atom. The minimum Gasteiger partial charge on any atom is -0.493 e. The van der Waals surface area contributed by atoms with Crippen molar-refractivity contribution >= 4 is 11.9 Å². The number of amides is 1. The van der Waals surface area contributed by atoms with Crippen LogP contribution in [0.25, 0.3) is 0 Å². The van der Waals surface area contributed by atoms with E-state index in [0.29, 0.717) is 18.0 Å². The molecule has 2 saturated heterocycles. The van der Waals surface area contributed by atoms with Crippen LogP contribution in [0, 0.1) is 12.3 Å². The normalized spacial score (nSPS) is 24.2. The summed E-state index contributed by atoms with van der Waals surface area (Å²) in [7, 11) is 1.60. The molecule has 2 N–H and O–H groups in total. The second-order valence-electron chi connectivity index (χ2n) is 9.15. The molecule has 2 fully saturated rings. The van der Waals surface area contributed by atoms with E-state index in [1.165, 1.54) is 4.90 Å². The number of rotatable bonds is 6. The van der Waals surface area contributed by atoms with Gasteiger partial charge in [0.1, 0.15) is 11.9 Å². The van der Waals surface area contributed by atoms with Crippen LogP contribution in [0.2, 0.25) is 0 Å². The highest BCUT2D eigenvalue weighted by Gasteiger charge is 2.48. The van der Waals surface area contributed by atoms with Crippen molar-refractivity contribution in [1.82, 2.24) is 9.88 Å². The van der Waals surface area contributed by atoms with E-state index in [2.05, 4.69) is 9.88 Å². The van der Waals surface area contributed by atoms with Crippen LogP contribution in [-0.4, -0.2) is 71.7 Å². The molecule has 0 bridgehead atoms. The lowest BCUT2D eigenvalue weighted by Crippen LogP contribution is -2.54. The molecule has 1 aromatic heterocycles. The molecule has 8 nitrogen and oxygen atoms in total. The number of hydrogen-bond acceptors (Lipinski definition) is 6. The summed E-state index contributed by atoms with van der Waals surface area (Å²) in [5.74, 6) is 2.05. The van der Waals surface area contributed by atoms with Gasteiger partial charge in [-0.3, -0.25) is 0 Å². The van der Waals surface area contributed by atoms with Crippen LogP contribution in [-0.2, 0) is 0 Å². The second kappa shape index (κ2) is 8.50. The maximum absolute atomic E-state index is 11.6. The van der Waals surface area contributed by atoms with Crippen molar-refractivity contribution < 1.29 is 24.5 Å². The molecule has 32 heavy (non-hydrogen) atoms. The molecular weight excluding hydrogens is 410 g/mol. The maximum Gasteiger partial charge on any atom is 0.407 e. The summed E-state index contributed by atoms with van der Waals surface area (Å²) in [6.45, 7) is 7.75. The third kappa shape index (κ3) is 4.07. The molecule has 172 valence electrons. The van der Waals surface area contributed by atoms with Gasteiger partial charge in [-0.25, -0.2) is 9.78 Å². The van der Waals surface area contributed by atoms with E-state index in [9.17, 15) is 15.0 Å². The fourth-order valence-corrected chi connectivity index (χ4v) is 4.60. The Bertz CT molecular complexity index is 974. The fourth-order valence-electron chi connectivity index (χ4n) is 4.60. The quantitative estimate of drug-likeness (QED) is 0.711. The van der Waals surface area contributed by atoms with E-state index in [4.69, 9.17) is 9.47 Å². The number of nitrogens with zero attached hydrogens (tertiary/aromatic N) is 3. The van der Waals surface area contributed by atoms with Gasteiger partial charge in [-0.15, -0.1) is 0 Å². The van der Waals surface area contributed by atoms with Crippen molar-refractivity contribution in [3.8, 4) is 11.5 Å². The largest absolute Gasteiger partial charge is 0.493 e. The Balaban J connectivity index is 1.52. The first kappa shape index (κ1) is 22.2. The van der Waals surface area contributed by atoms with Crippen LogP contribution in [0.5, 0.6) is 11.5 Å². The molecule has 3 atom stereocenters. The average molecular weight is 442 g/mol. The van der Waals surface area contributed by atoms with Gasteiger partial charge in [0, 0.05) is 30.6 Å². The van der Waals surface area contributed by atoms with Crippen molar-refractivity contribution in [3.63, 3.8) is 0 Å². The number of aryl methyl sites for hydroxylation is 1. The summed E-state index contributed by atoms with van der Waals surface area (Å²) in [5, 5.41) is 20.0. The standard InChI is InChI=1S/C24H31N3O5/c1-15-5-8-22(25-10-15)26-11-18(12-26)32-21-9-17(6-7-20(21)31-4)19-13-27(23(29)30)14-24(19,3)16(2)28/h5-10,16,18-19,28H,11-14H2,1-4H3,(H,29,30)/t16-,19+,24+/m1/s1. The zero-order valence-corrected chi connectivity index (χ0v) is 19.0. The van der Waals surface area contributed by atoms with E-state index in [0.717, 1.165) is 30.0 Å². The molecule has 8 heteroatoms. The van der Waals surface area contributed by atoms with Gasteiger partial charge in [0.05, 0.1) is 26.3 Å². The summed E-state index contributed by atoms with van der Waals surface area (Å²) in [4.78, 5) is 19.6. The highest BCUT2D eigenvalue weighted by atomic mass is 16.5. The number of carboxylic acid groups (broad SMARTS) is 1. The third-order valence-corrected chi connectivity index (χ3v) is 6.91. The molecule has 1 aromatic carbocycles. The molecule has 0 saturated carbocycles. The molecule has 2 aromatic rings. The smallest absolute Gasteiger partial charge is 0.407 e. The van der Waals surface area contributed by atoms with Crippen LogP contribution >= 0.6 is 0 Å². The fraction of sp³-hybridized carbons (Fsp3) is 0.500. The van der Waals surface area contributed by atoms with Crippen molar-refractivity contribution in [1.29, 1.82) is 0 Å². The zero-order chi connectivity index (χ0) is 23.0. The van der Waals surface area contributed by atoms with Crippen molar-refractivity contribution in [3.05, 3.63) is 47.7 Å². The van der Waals surface area contributed by atoms with E-state index in [1.807, 2.05) is 50.4 Å². The number of ether oxygens (including phenoxy) is 2. The van der Waals surface area contributed by atoms with Gasteiger partial charge >= 0.3 is 6.09 Å². The molecule has 0 aliphatic carbocycles. The molecular formula is C24H31N3O5. The summed E-state index contributed by atoms with van der Waals surface area (Å²) >= 11 is 0. The minimum absolute atomic E-state index is 0.00417. The Morgan fingerprint density at radius 3 is 2.56 bits per heavy atom. The van der Waals surface area contributed by atoms with Gasteiger partial charge in [-0.05, 0) is 43.2 Å². The lowest BCUT2D eigenvalue weighted by atomic mass is 9.72. The predicted molar refractivity (Wildman–Crippen MR) is 121 cm³/mol. The monoisotopic (exact) mass is 441 g/mol. The lowest BCUT2D eigenvalue weighted by Gasteiger charge is -2.40. The van der Waals surface area contributed by atoms with Gasteiger partial charge < -0.3 is 29.5 Å². The number of hydrogen-bond donors (Lipinski definition) is 2. The van der Waals surface area contributed by atoms with Crippen LogP contribution in [0.3, 0.4) is 0 Å². The number of likely N-dealkylation sites (tertiary alicyclic amines) is 1. The van der Waals surface area contributed by atoms with Crippen LogP contribution in [0.1, 0.15) is 30.9 Å². The number of carbonyl (C=O) groups is 1. The number of anilines is 1. The van der Waals surface area contributed by atoms with Crippen molar-refractivity contribution in [2.45, 2.75) is 38.9 Å². The van der Waals surface area contributed by atoms with Gasteiger partial charge in [0.15, 0.2) is 11.5 Å². The number of aliphatic hydroxyl groups excluding tert-OH is 1. The molecule has 2 aliphatic heterocycles. The zero-order valence-electron chi connectivity index (χ0n) is 19.0. The Morgan fingerprint density at radius 1 is 1.22 bits per heavy atom. The van der Waals surface area contributed by atoms with E-state index >= 15 is 0 Å². The Labute approximate surface area is 188 Å². The first-order chi connectivity index (χ1) is 15.2. The van der Waals surface area contributed by atoms with Crippen LogP contribution in [0.15, 0.2) is 36.5 Å². The molecule has 0 unspecified atom stereocenters. The highest BCUT2D eigenvalue weighted by molar-refractivity contribution is 5.66. The molecule has 3 heterocycles. The Hall–Kier alpha value is -3.00. The van der Waals surface area contributed by atoms with Gasteiger partial charge in [-0.1, -0.05) is 19.1 Å². The second-order valence-corrected chi connectivity index (χ2v) is 9.15. The number of aromatic nitrogens is 1.